The minimum Gasteiger partial charge on any atom is -0.481 e. The molecule has 0 bridgehead atoms. The number of aliphatic carboxylic acids is 2. The molecule has 0 aliphatic carbocycles. The number of rotatable bonds is 20. The SMILES string of the molecule is CC(=O)N[C@H]1[C@H](OP(=O)(O)OP(=O)(O)OC[C@H]2O[C@@H](n3ccc(=O)[nH]c3=O)[C@H](O)[C@@H]2O)O[C@H](CO)[C@@H](O)[C@@H]1O[C@H](C)C(=O)N[C@@H](C)C(=O)N[C@H](CCC(=O)O)C(=O)O. The van der Waals surface area contributed by atoms with Gasteiger partial charge < -0.3 is 70.6 Å². The number of aromatic amines is 1. The molecule has 28 nitrogen and oxygen atoms in total. The summed E-state index contributed by atoms with van der Waals surface area (Å²) in [5.74, 6) is -5.94. The van der Waals surface area contributed by atoms with E-state index in [1.807, 2.05) is 4.98 Å². The van der Waals surface area contributed by atoms with Crippen molar-refractivity contribution in [2.45, 2.75) is 107 Å². The zero-order chi connectivity index (χ0) is 43.9. The Morgan fingerprint density at radius 2 is 1.60 bits per heavy atom. The first-order valence-electron chi connectivity index (χ1n) is 16.8. The maximum Gasteiger partial charge on any atom is 0.483 e. The molecule has 2 fully saturated rings. The summed E-state index contributed by atoms with van der Waals surface area (Å²) in [5, 5.41) is 66.0. The predicted octanol–water partition coefficient (Wildman–Crippen LogP) is -5.30. The number of carbonyl (C=O) groups excluding carboxylic acids is 3. The van der Waals surface area contributed by atoms with Gasteiger partial charge >= 0.3 is 33.3 Å². The molecule has 12 N–H and O–H groups in total. The third kappa shape index (κ3) is 13.3. The van der Waals surface area contributed by atoms with Crippen molar-refractivity contribution in [1.29, 1.82) is 0 Å². The predicted molar refractivity (Wildman–Crippen MR) is 183 cm³/mol. The van der Waals surface area contributed by atoms with E-state index in [1.54, 1.807) is 0 Å². The Kier molecular flexibility index (Phi) is 16.9. The van der Waals surface area contributed by atoms with E-state index in [-0.39, 0.29) is 0 Å². The summed E-state index contributed by atoms with van der Waals surface area (Å²) in [6.45, 7) is 0.948. The lowest BCUT2D eigenvalue weighted by Crippen LogP contribution is -2.66. The third-order valence-corrected chi connectivity index (χ3v) is 10.9. The fraction of sp³-hybridized carbons (Fsp3) is 0.679. The molecule has 3 amide bonds. The molecule has 30 heteroatoms. The van der Waals surface area contributed by atoms with Crippen LogP contribution in [0.15, 0.2) is 21.9 Å². The Balaban J connectivity index is 1.71. The average molecular weight is 880 g/mol. The summed E-state index contributed by atoms with van der Waals surface area (Å²) in [7, 11) is -11.6. The molecule has 2 aliphatic heterocycles. The number of amides is 3. The van der Waals surface area contributed by atoms with Crippen LogP contribution in [0, 0.1) is 0 Å². The van der Waals surface area contributed by atoms with Crippen LogP contribution in [0.2, 0.25) is 0 Å². The van der Waals surface area contributed by atoms with Gasteiger partial charge in [-0.05, 0) is 20.3 Å². The molecule has 3 rings (SSSR count). The minimum atomic E-state index is -5.88. The van der Waals surface area contributed by atoms with E-state index in [0.29, 0.717) is 4.57 Å². The highest BCUT2D eigenvalue weighted by Crippen LogP contribution is 2.61. The van der Waals surface area contributed by atoms with Crippen molar-refractivity contribution in [1.82, 2.24) is 25.5 Å². The summed E-state index contributed by atoms with van der Waals surface area (Å²) in [6, 6.07) is -4.07. The number of nitrogens with one attached hydrogen (secondary N) is 4. The number of aromatic nitrogens is 2. The van der Waals surface area contributed by atoms with Gasteiger partial charge in [-0.1, -0.05) is 0 Å². The quantitative estimate of drug-likeness (QED) is 0.0544. The van der Waals surface area contributed by atoms with Crippen LogP contribution in [-0.2, 0) is 60.7 Å². The Morgan fingerprint density at radius 3 is 2.17 bits per heavy atom. The third-order valence-electron chi connectivity index (χ3n) is 8.28. The van der Waals surface area contributed by atoms with E-state index in [2.05, 4.69) is 24.8 Å². The number of phosphoric acid groups is 2. The Morgan fingerprint density at radius 1 is 0.948 bits per heavy atom. The van der Waals surface area contributed by atoms with Gasteiger partial charge in [0.05, 0.1) is 13.2 Å². The molecule has 1 aromatic heterocycles. The van der Waals surface area contributed by atoms with Crippen LogP contribution >= 0.6 is 15.6 Å². The molecule has 2 unspecified atom stereocenters. The normalized spacial score (nSPS) is 29.5. The summed E-state index contributed by atoms with van der Waals surface area (Å²) in [5.41, 5.74) is -1.85. The number of hydrogen-bond donors (Lipinski definition) is 12. The number of nitrogens with zero attached hydrogens (tertiary/aromatic N) is 1. The maximum absolute atomic E-state index is 13.0. The molecule has 2 aliphatic rings. The standard InChI is InChI=1S/C28H43N5O23P2/c1-10(23(42)31-13(26(44)45)4-5-17(37)38)29-24(43)11(2)52-22-18(30-12(3)35)27(54-14(8-34)20(22)40)55-58(49,50)56-57(47,48)51-9-15-19(39)21(41)25(53-15)33-7-6-16(36)32-28(33)46/h6-7,10-11,13-15,18-22,25,27,34,39-41H,4-5,8-9H2,1-3H3,(H,29,43)(H,30,35)(H,31,42)(H,37,38)(H,44,45)(H,47,48)(H,49,50)(H,32,36,46)/t10-,11+,13+,14+,15+,18+,19+,20+,21+,22+,25+,27-/m0/s1. The summed E-state index contributed by atoms with van der Waals surface area (Å²) < 4.78 is 56.5. The van der Waals surface area contributed by atoms with Crippen molar-refractivity contribution in [3.8, 4) is 0 Å². The zero-order valence-electron chi connectivity index (χ0n) is 30.5. The van der Waals surface area contributed by atoms with E-state index >= 15 is 0 Å². The Labute approximate surface area is 325 Å². The smallest absolute Gasteiger partial charge is 0.481 e. The first-order valence-corrected chi connectivity index (χ1v) is 19.8. The molecule has 0 spiro atoms. The number of carboxylic acids is 2. The van der Waals surface area contributed by atoms with Crippen molar-refractivity contribution in [2.75, 3.05) is 13.2 Å². The van der Waals surface area contributed by atoms with Crippen LogP contribution in [0.4, 0.5) is 0 Å². The highest BCUT2D eigenvalue weighted by molar-refractivity contribution is 7.61. The number of hydrogen-bond acceptors (Lipinski definition) is 19. The maximum atomic E-state index is 13.0. The van der Waals surface area contributed by atoms with Crippen LogP contribution < -0.4 is 27.2 Å². The first kappa shape index (κ1) is 48.4. The molecule has 0 saturated carbocycles. The van der Waals surface area contributed by atoms with Crippen LogP contribution in [0.1, 0.15) is 39.8 Å². The van der Waals surface area contributed by atoms with E-state index in [1.165, 1.54) is 0 Å². The van der Waals surface area contributed by atoms with Crippen LogP contribution in [0.3, 0.4) is 0 Å². The molecule has 328 valence electrons. The number of carboxylic acid groups (broad SMARTS) is 2. The van der Waals surface area contributed by atoms with Crippen LogP contribution in [0.25, 0.3) is 0 Å². The molecule has 1 aromatic rings. The Hall–Kier alpha value is -3.99. The van der Waals surface area contributed by atoms with Gasteiger partial charge in [0.15, 0.2) is 12.5 Å². The molecule has 58 heavy (non-hydrogen) atoms. The fourth-order valence-corrected chi connectivity index (χ4v) is 7.58. The van der Waals surface area contributed by atoms with Crippen molar-refractivity contribution in [3.63, 3.8) is 0 Å². The van der Waals surface area contributed by atoms with E-state index < -0.39 is 156 Å². The lowest BCUT2D eigenvalue weighted by Gasteiger charge is -2.44. The summed E-state index contributed by atoms with van der Waals surface area (Å²) in [4.78, 5) is 106. The zero-order valence-corrected chi connectivity index (χ0v) is 32.2. The number of phosphoric ester groups is 2. The molecule has 14 atom stereocenters. The van der Waals surface area contributed by atoms with Crippen molar-refractivity contribution >= 4 is 45.3 Å². The monoisotopic (exact) mass is 879 g/mol. The lowest BCUT2D eigenvalue weighted by atomic mass is 9.96. The van der Waals surface area contributed by atoms with E-state index in [0.717, 1.165) is 33.0 Å². The molecule has 0 aromatic carbocycles. The second-order valence-electron chi connectivity index (χ2n) is 12.7. The van der Waals surface area contributed by atoms with Gasteiger partial charge in [0.2, 0.25) is 17.7 Å². The number of carbonyl (C=O) groups is 5. The van der Waals surface area contributed by atoms with Gasteiger partial charge in [0, 0.05) is 25.6 Å². The second-order valence-corrected chi connectivity index (χ2v) is 15.7. The average Bonchev–Trinajstić information content (AvgIpc) is 3.39. The topological polar surface area (TPSA) is 428 Å². The van der Waals surface area contributed by atoms with E-state index in [9.17, 15) is 78.0 Å². The number of ether oxygens (including phenoxy) is 3. The highest BCUT2D eigenvalue weighted by Gasteiger charge is 2.52. The van der Waals surface area contributed by atoms with Crippen LogP contribution in [-0.4, -0.2) is 160 Å². The first-order chi connectivity index (χ1) is 26.9. The number of aliphatic hydroxyl groups excluding tert-OH is 4. The lowest BCUT2D eigenvalue weighted by molar-refractivity contribution is -0.261. The van der Waals surface area contributed by atoms with Gasteiger partial charge in [0.1, 0.15) is 60.9 Å². The van der Waals surface area contributed by atoms with Gasteiger partial charge in [-0.15, -0.1) is 0 Å². The summed E-state index contributed by atoms with van der Waals surface area (Å²) >= 11 is 0. The van der Waals surface area contributed by atoms with Crippen molar-refractivity contribution in [2.24, 2.45) is 0 Å². The van der Waals surface area contributed by atoms with Gasteiger partial charge in [-0.2, -0.15) is 4.31 Å². The van der Waals surface area contributed by atoms with Crippen LogP contribution in [0.5, 0.6) is 0 Å². The molecular formula is C28H43N5O23P2. The van der Waals surface area contributed by atoms with Crippen molar-refractivity contribution in [3.05, 3.63) is 33.1 Å². The van der Waals surface area contributed by atoms with Gasteiger partial charge in [0.25, 0.3) is 5.56 Å². The number of aliphatic hydroxyl groups is 4. The molecule has 3 heterocycles. The Bertz CT molecular complexity index is 1880. The molecular weight excluding hydrogens is 836 g/mol. The second kappa shape index (κ2) is 20.3. The van der Waals surface area contributed by atoms with E-state index in [4.69, 9.17) is 23.8 Å². The summed E-state index contributed by atoms with van der Waals surface area (Å²) in [6.07, 6.45) is -16.8. The van der Waals surface area contributed by atoms with Crippen molar-refractivity contribution < 1.29 is 101 Å². The minimum absolute atomic E-state index is 0.483. The van der Waals surface area contributed by atoms with Gasteiger partial charge in [-0.25, -0.2) is 18.7 Å². The fourth-order valence-electron chi connectivity index (χ4n) is 5.42. The van der Waals surface area contributed by atoms with Gasteiger partial charge in [-0.3, -0.25) is 42.6 Å². The molecule has 2 saturated heterocycles. The molecule has 0 radical (unpaired) electrons. The highest BCUT2D eigenvalue weighted by atomic mass is 31.3. The number of H-pyrrole nitrogens is 1. The largest absolute Gasteiger partial charge is 0.483 e.